The minimum Gasteiger partial charge on any atom is -0.342 e. The first-order chi connectivity index (χ1) is 13.7. The lowest BCUT2D eigenvalue weighted by Gasteiger charge is -2.06. The summed E-state index contributed by atoms with van der Waals surface area (Å²) in [6.07, 6.45) is 3.78. The molecule has 0 aliphatic rings. The van der Waals surface area contributed by atoms with Crippen LogP contribution in [0.4, 0.5) is 4.39 Å². The van der Waals surface area contributed by atoms with Crippen LogP contribution in [0.1, 0.15) is 16.7 Å². The number of aromatic nitrogens is 1. The van der Waals surface area contributed by atoms with Crippen molar-refractivity contribution in [3.8, 4) is 6.07 Å². The summed E-state index contributed by atoms with van der Waals surface area (Å²) in [5, 5.41) is 11.2. The molecule has 28 heavy (non-hydrogen) atoms. The molecule has 0 atom stereocenters. The highest BCUT2D eigenvalue weighted by Gasteiger charge is 2.11. The molecule has 0 fully saturated rings. The Morgan fingerprint density at radius 2 is 1.71 bits per heavy atom. The Balaban J connectivity index is 1.84. The Morgan fingerprint density at radius 1 is 1.00 bits per heavy atom. The maximum Gasteiger partial charge on any atom is 0.128 e. The predicted octanol–water partition coefficient (Wildman–Crippen LogP) is 6.55. The molecule has 3 aromatic carbocycles. The van der Waals surface area contributed by atoms with E-state index in [0.29, 0.717) is 28.3 Å². The van der Waals surface area contributed by atoms with Crippen LogP contribution in [0.15, 0.2) is 79.0 Å². The van der Waals surface area contributed by atoms with Gasteiger partial charge in [-0.1, -0.05) is 66.2 Å². The van der Waals surface area contributed by atoms with Crippen molar-refractivity contribution in [1.82, 2.24) is 4.57 Å². The van der Waals surface area contributed by atoms with E-state index in [2.05, 4.69) is 6.07 Å². The number of allylic oxidation sites excluding steroid dienone is 1. The Bertz CT molecular complexity index is 1230. The summed E-state index contributed by atoms with van der Waals surface area (Å²) in [6, 6.07) is 24.2. The highest BCUT2D eigenvalue weighted by Crippen LogP contribution is 2.29. The molecule has 0 aliphatic carbocycles. The van der Waals surface area contributed by atoms with Gasteiger partial charge >= 0.3 is 0 Å². The molecule has 0 saturated carbocycles. The first-order valence-corrected chi connectivity index (χ1v) is 9.23. The molecule has 0 saturated heterocycles. The third-order valence-electron chi connectivity index (χ3n) is 4.70. The molecule has 136 valence electrons. The number of halogens is 2. The number of fused-ring (bicyclic) bond motifs is 1. The summed E-state index contributed by atoms with van der Waals surface area (Å²) in [4.78, 5) is 0. The van der Waals surface area contributed by atoms with Gasteiger partial charge in [-0.25, -0.2) is 4.39 Å². The van der Waals surface area contributed by atoms with Gasteiger partial charge in [0.05, 0.1) is 18.2 Å². The van der Waals surface area contributed by atoms with Crippen molar-refractivity contribution >= 4 is 34.2 Å². The largest absolute Gasteiger partial charge is 0.342 e. The van der Waals surface area contributed by atoms with E-state index in [9.17, 15) is 9.65 Å². The van der Waals surface area contributed by atoms with E-state index in [-0.39, 0.29) is 5.82 Å². The van der Waals surface area contributed by atoms with Crippen LogP contribution in [0, 0.1) is 17.1 Å². The van der Waals surface area contributed by atoms with Gasteiger partial charge in [-0.3, -0.25) is 0 Å². The topological polar surface area (TPSA) is 28.7 Å². The van der Waals surface area contributed by atoms with Gasteiger partial charge in [0.1, 0.15) is 5.82 Å². The van der Waals surface area contributed by atoms with Crippen molar-refractivity contribution < 1.29 is 4.39 Å². The molecule has 4 heteroatoms. The standard InChI is InChI=1S/C24H16ClFN2/c25-22-10-4-2-8-20(22)18(14-27)13-19-16-28(24-12-6-3-9-21(19)24)15-17-7-1-5-11-23(17)26/h1-13,16H,15H2. The molecule has 2 nitrogen and oxygen atoms in total. The number of rotatable bonds is 4. The lowest BCUT2D eigenvalue weighted by Crippen LogP contribution is -2.00. The second kappa shape index (κ2) is 7.72. The maximum absolute atomic E-state index is 14.1. The molecule has 0 unspecified atom stereocenters. The number of para-hydroxylation sites is 1. The quantitative estimate of drug-likeness (QED) is 0.366. The molecule has 0 amide bonds. The number of hydrogen-bond donors (Lipinski definition) is 0. The maximum atomic E-state index is 14.1. The highest BCUT2D eigenvalue weighted by atomic mass is 35.5. The number of nitrogens with zero attached hydrogens (tertiary/aromatic N) is 2. The average molecular weight is 387 g/mol. The normalized spacial score (nSPS) is 11.5. The van der Waals surface area contributed by atoms with Crippen LogP contribution in [-0.4, -0.2) is 4.57 Å². The van der Waals surface area contributed by atoms with Gasteiger partial charge < -0.3 is 4.57 Å². The SMILES string of the molecule is N#CC(=Cc1cn(Cc2ccccc2F)c2ccccc12)c1ccccc1Cl. The van der Waals surface area contributed by atoms with Crippen LogP contribution in [0.25, 0.3) is 22.6 Å². The van der Waals surface area contributed by atoms with Gasteiger partial charge in [0.2, 0.25) is 0 Å². The van der Waals surface area contributed by atoms with E-state index < -0.39 is 0 Å². The second-order valence-electron chi connectivity index (χ2n) is 6.47. The first kappa shape index (κ1) is 18.0. The number of hydrogen-bond acceptors (Lipinski definition) is 1. The summed E-state index contributed by atoms with van der Waals surface area (Å²) < 4.78 is 16.1. The summed E-state index contributed by atoms with van der Waals surface area (Å²) in [5.74, 6) is -0.230. The third kappa shape index (κ3) is 3.43. The van der Waals surface area contributed by atoms with Crippen LogP contribution in [-0.2, 0) is 6.54 Å². The fourth-order valence-electron chi connectivity index (χ4n) is 3.34. The molecule has 0 bridgehead atoms. The van der Waals surface area contributed by atoms with Crippen LogP contribution in [0.5, 0.6) is 0 Å². The monoisotopic (exact) mass is 386 g/mol. The van der Waals surface area contributed by atoms with Gasteiger partial charge in [-0.15, -0.1) is 0 Å². The van der Waals surface area contributed by atoms with Gasteiger partial charge in [0.15, 0.2) is 0 Å². The van der Waals surface area contributed by atoms with Crippen molar-refractivity contribution in [1.29, 1.82) is 5.26 Å². The van der Waals surface area contributed by atoms with Crippen molar-refractivity contribution in [2.24, 2.45) is 0 Å². The van der Waals surface area contributed by atoms with E-state index in [4.69, 9.17) is 11.6 Å². The zero-order valence-electron chi connectivity index (χ0n) is 14.9. The van der Waals surface area contributed by atoms with Crippen molar-refractivity contribution in [3.63, 3.8) is 0 Å². The van der Waals surface area contributed by atoms with E-state index >= 15 is 0 Å². The van der Waals surface area contributed by atoms with Gasteiger partial charge in [0.25, 0.3) is 0 Å². The number of nitriles is 1. The van der Waals surface area contributed by atoms with Gasteiger partial charge in [0, 0.05) is 38.8 Å². The molecule has 4 rings (SSSR count). The van der Waals surface area contributed by atoms with Crippen molar-refractivity contribution in [2.75, 3.05) is 0 Å². The van der Waals surface area contributed by atoms with Crippen LogP contribution in [0.3, 0.4) is 0 Å². The Morgan fingerprint density at radius 3 is 2.50 bits per heavy atom. The van der Waals surface area contributed by atoms with Crippen LogP contribution < -0.4 is 0 Å². The molecule has 0 spiro atoms. The molecule has 1 heterocycles. The fourth-order valence-corrected chi connectivity index (χ4v) is 3.57. The lowest BCUT2D eigenvalue weighted by atomic mass is 10.0. The molecular formula is C24H16ClFN2. The highest BCUT2D eigenvalue weighted by molar-refractivity contribution is 6.32. The number of benzene rings is 3. The summed E-state index contributed by atoms with van der Waals surface area (Å²) in [7, 11) is 0. The zero-order valence-corrected chi connectivity index (χ0v) is 15.7. The fraction of sp³-hybridized carbons (Fsp3) is 0.0417. The van der Waals surface area contributed by atoms with Crippen molar-refractivity contribution in [3.05, 3.63) is 107 Å². The predicted molar refractivity (Wildman–Crippen MR) is 112 cm³/mol. The Hall–Kier alpha value is -3.35. The molecule has 0 aliphatic heterocycles. The molecule has 1 aromatic heterocycles. The Labute approximate surface area is 167 Å². The Kier molecular flexibility index (Phi) is 4.97. The lowest BCUT2D eigenvalue weighted by molar-refractivity contribution is 0.602. The molecule has 0 N–H and O–H groups in total. The van der Waals surface area contributed by atoms with E-state index in [1.807, 2.05) is 65.4 Å². The van der Waals surface area contributed by atoms with Gasteiger partial charge in [-0.05, 0) is 24.3 Å². The smallest absolute Gasteiger partial charge is 0.128 e. The zero-order chi connectivity index (χ0) is 19.5. The van der Waals surface area contributed by atoms with Crippen LogP contribution in [0.2, 0.25) is 5.02 Å². The van der Waals surface area contributed by atoms with Crippen molar-refractivity contribution in [2.45, 2.75) is 6.54 Å². The van der Waals surface area contributed by atoms with E-state index in [0.717, 1.165) is 16.5 Å². The molecular weight excluding hydrogens is 371 g/mol. The molecule has 4 aromatic rings. The minimum absolute atomic E-state index is 0.230. The summed E-state index contributed by atoms with van der Waals surface area (Å²) in [5.41, 5.74) is 3.67. The average Bonchev–Trinajstić information content (AvgIpc) is 3.06. The second-order valence-corrected chi connectivity index (χ2v) is 6.88. The first-order valence-electron chi connectivity index (χ1n) is 8.85. The summed E-state index contributed by atoms with van der Waals surface area (Å²) in [6.45, 7) is 0.412. The van der Waals surface area contributed by atoms with E-state index in [1.54, 1.807) is 18.2 Å². The third-order valence-corrected chi connectivity index (χ3v) is 5.03. The van der Waals surface area contributed by atoms with Gasteiger partial charge in [-0.2, -0.15) is 5.26 Å². The minimum atomic E-state index is -0.230. The van der Waals surface area contributed by atoms with Crippen LogP contribution >= 0.6 is 11.6 Å². The van der Waals surface area contributed by atoms with E-state index in [1.165, 1.54) is 6.07 Å². The molecule has 0 radical (unpaired) electrons. The summed E-state index contributed by atoms with van der Waals surface area (Å²) >= 11 is 6.27.